The van der Waals surface area contributed by atoms with Gasteiger partial charge < -0.3 is 14.8 Å². The predicted octanol–water partition coefficient (Wildman–Crippen LogP) is 5.27. The van der Waals surface area contributed by atoms with Crippen molar-refractivity contribution in [2.75, 3.05) is 31.6 Å². The van der Waals surface area contributed by atoms with E-state index >= 15 is 0 Å². The number of nitrogens with zero attached hydrogens (tertiary/aromatic N) is 3. The number of alkyl halides is 3. The van der Waals surface area contributed by atoms with Gasteiger partial charge >= 0.3 is 6.36 Å². The number of carbonyl (C=O) groups excluding carboxylic acids is 1. The molecule has 1 saturated heterocycles. The number of anilines is 1. The van der Waals surface area contributed by atoms with Gasteiger partial charge in [0, 0.05) is 41.7 Å². The lowest BCUT2D eigenvalue weighted by molar-refractivity contribution is -0.274. The molecule has 11 heteroatoms. The number of hydrogen-bond acceptors (Lipinski definition) is 7. The summed E-state index contributed by atoms with van der Waals surface area (Å²) in [5.74, 6) is -0.552. The first-order chi connectivity index (χ1) is 17.8. The maximum Gasteiger partial charge on any atom is 0.573 e. The van der Waals surface area contributed by atoms with Crippen molar-refractivity contribution in [3.63, 3.8) is 0 Å². The summed E-state index contributed by atoms with van der Waals surface area (Å²) < 4.78 is 47.3. The zero-order valence-electron chi connectivity index (χ0n) is 19.6. The molecule has 0 atom stereocenters. The number of ether oxygens (including phenoxy) is 2. The van der Waals surface area contributed by atoms with Crippen LogP contribution >= 0.6 is 11.3 Å². The Morgan fingerprint density at radius 2 is 1.92 bits per heavy atom. The second kappa shape index (κ2) is 10.8. The Morgan fingerprint density at radius 1 is 1.11 bits per heavy atom. The predicted molar refractivity (Wildman–Crippen MR) is 134 cm³/mol. The standard InChI is InChI=1S/C26H23F3N4O3S/c27-26(28,29)36-20-6-2-4-18(13-20)22-8-7-17-3-1-5-19(24(17)31-22)14-23(34)32-25-30-15-21(37-25)16-33-9-11-35-12-10-33/h1-8,13,15H,9-12,14,16H2,(H,30,32,34). The second-order valence-electron chi connectivity index (χ2n) is 8.51. The molecule has 3 heterocycles. The SMILES string of the molecule is O=C(Cc1cccc2ccc(-c3cccc(OC(F)(F)F)c3)nc12)Nc1ncc(CN2CCOCC2)s1. The van der Waals surface area contributed by atoms with E-state index in [1.54, 1.807) is 18.3 Å². The Morgan fingerprint density at radius 3 is 2.73 bits per heavy atom. The topological polar surface area (TPSA) is 76.6 Å². The number of amides is 1. The molecule has 4 aromatic rings. The molecule has 0 saturated carbocycles. The second-order valence-corrected chi connectivity index (χ2v) is 9.62. The van der Waals surface area contributed by atoms with Gasteiger partial charge in [0.25, 0.3) is 0 Å². The number of para-hydroxylation sites is 1. The lowest BCUT2D eigenvalue weighted by Gasteiger charge is -2.25. The third kappa shape index (κ3) is 6.62. The Balaban J connectivity index is 1.30. The van der Waals surface area contributed by atoms with Crippen LogP contribution in [-0.4, -0.2) is 53.4 Å². The molecule has 0 aliphatic carbocycles. The molecule has 5 rings (SSSR count). The molecule has 1 fully saturated rings. The Labute approximate surface area is 214 Å². The lowest BCUT2D eigenvalue weighted by Crippen LogP contribution is -2.35. The van der Waals surface area contributed by atoms with Gasteiger partial charge in [-0.2, -0.15) is 0 Å². The van der Waals surface area contributed by atoms with E-state index in [1.807, 2.05) is 24.3 Å². The monoisotopic (exact) mass is 528 g/mol. The van der Waals surface area contributed by atoms with Gasteiger partial charge in [0.1, 0.15) is 5.75 Å². The van der Waals surface area contributed by atoms with E-state index in [4.69, 9.17) is 4.74 Å². The number of morpholine rings is 1. The Kier molecular flexibility index (Phi) is 7.36. The van der Waals surface area contributed by atoms with Crippen molar-refractivity contribution in [3.8, 4) is 17.0 Å². The molecule has 0 radical (unpaired) electrons. The molecule has 0 unspecified atom stereocenters. The van der Waals surface area contributed by atoms with E-state index in [9.17, 15) is 18.0 Å². The highest BCUT2D eigenvalue weighted by Gasteiger charge is 2.31. The number of fused-ring (bicyclic) bond motifs is 1. The largest absolute Gasteiger partial charge is 0.573 e. The van der Waals surface area contributed by atoms with Crippen molar-refractivity contribution in [2.45, 2.75) is 19.3 Å². The van der Waals surface area contributed by atoms with Crippen LogP contribution in [0.2, 0.25) is 0 Å². The molecular formula is C26H23F3N4O3S. The van der Waals surface area contributed by atoms with Gasteiger partial charge in [0.05, 0.1) is 30.8 Å². The third-order valence-electron chi connectivity index (χ3n) is 5.80. The van der Waals surface area contributed by atoms with Crippen LogP contribution in [-0.2, 0) is 22.5 Å². The Hall–Kier alpha value is -3.54. The molecule has 1 amide bonds. The molecule has 1 aliphatic rings. The van der Waals surface area contributed by atoms with Crippen LogP contribution in [0.15, 0.2) is 60.8 Å². The average Bonchev–Trinajstić information content (AvgIpc) is 3.30. The number of halogens is 3. The van der Waals surface area contributed by atoms with Crippen molar-refractivity contribution in [3.05, 3.63) is 71.2 Å². The van der Waals surface area contributed by atoms with Crippen molar-refractivity contribution < 1.29 is 27.4 Å². The summed E-state index contributed by atoms with van der Waals surface area (Å²) in [5, 5.41) is 4.21. The third-order valence-corrected chi connectivity index (χ3v) is 6.70. The van der Waals surface area contributed by atoms with Crippen molar-refractivity contribution in [1.29, 1.82) is 0 Å². The molecule has 2 aromatic heterocycles. The summed E-state index contributed by atoms with van der Waals surface area (Å²) in [6, 6.07) is 14.7. The quantitative estimate of drug-likeness (QED) is 0.352. The summed E-state index contributed by atoms with van der Waals surface area (Å²) in [6.07, 6.45) is -2.93. The molecule has 7 nitrogen and oxygen atoms in total. The van der Waals surface area contributed by atoms with Crippen LogP contribution in [0.1, 0.15) is 10.4 Å². The number of hydrogen-bond donors (Lipinski definition) is 1. The molecule has 192 valence electrons. The Bertz CT molecular complexity index is 1400. The zero-order chi connectivity index (χ0) is 25.8. The van der Waals surface area contributed by atoms with Gasteiger partial charge in [-0.15, -0.1) is 24.5 Å². The molecule has 37 heavy (non-hydrogen) atoms. The van der Waals surface area contributed by atoms with Crippen LogP contribution in [0, 0.1) is 0 Å². The fourth-order valence-corrected chi connectivity index (χ4v) is 4.99. The van der Waals surface area contributed by atoms with Crippen LogP contribution in [0.3, 0.4) is 0 Å². The lowest BCUT2D eigenvalue weighted by atomic mass is 10.0. The van der Waals surface area contributed by atoms with Gasteiger partial charge in [-0.3, -0.25) is 9.69 Å². The minimum Gasteiger partial charge on any atom is -0.406 e. The number of benzene rings is 2. The number of aromatic nitrogens is 2. The maximum absolute atomic E-state index is 12.8. The summed E-state index contributed by atoms with van der Waals surface area (Å²) in [6.45, 7) is 3.94. The fourth-order valence-electron chi connectivity index (χ4n) is 4.12. The first-order valence-corrected chi connectivity index (χ1v) is 12.4. The first-order valence-electron chi connectivity index (χ1n) is 11.6. The highest BCUT2D eigenvalue weighted by Crippen LogP contribution is 2.29. The molecule has 1 N–H and O–H groups in total. The van der Waals surface area contributed by atoms with Crippen molar-refractivity contribution in [1.82, 2.24) is 14.9 Å². The first kappa shape index (κ1) is 25.1. The normalized spacial score (nSPS) is 14.6. The van der Waals surface area contributed by atoms with Crippen LogP contribution in [0.25, 0.3) is 22.2 Å². The van der Waals surface area contributed by atoms with E-state index in [-0.39, 0.29) is 18.1 Å². The zero-order valence-corrected chi connectivity index (χ0v) is 20.4. The molecule has 2 aromatic carbocycles. The highest BCUT2D eigenvalue weighted by molar-refractivity contribution is 7.15. The number of nitrogens with one attached hydrogen (secondary N) is 1. The van der Waals surface area contributed by atoms with Gasteiger partial charge in [-0.25, -0.2) is 9.97 Å². The van der Waals surface area contributed by atoms with Crippen molar-refractivity contribution >= 4 is 33.3 Å². The maximum atomic E-state index is 12.8. The number of pyridine rings is 1. The van der Waals surface area contributed by atoms with Crippen molar-refractivity contribution in [2.24, 2.45) is 0 Å². The molecule has 1 aliphatic heterocycles. The van der Waals surface area contributed by atoms with Gasteiger partial charge in [-0.05, 0) is 23.8 Å². The average molecular weight is 529 g/mol. The van der Waals surface area contributed by atoms with Crippen LogP contribution in [0.5, 0.6) is 5.75 Å². The van der Waals surface area contributed by atoms with Gasteiger partial charge in [0.15, 0.2) is 5.13 Å². The number of rotatable bonds is 7. The van der Waals surface area contributed by atoms with Gasteiger partial charge in [0.2, 0.25) is 5.91 Å². The fraction of sp³-hybridized carbons (Fsp3) is 0.269. The van der Waals surface area contributed by atoms with E-state index in [1.165, 1.54) is 29.5 Å². The van der Waals surface area contributed by atoms with Crippen LogP contribution in [0.4, 0.5) is 18.3 Å². The number of thiazole rings is 1. The summed E-state index contributed by atoms with van der Waals surface area (Å²) in [5.41, 5.74) is 2.24. The minimum absolute atomic E-state index is 0.0728. The summed E-state index contributed by atoms with van der Waals surface area (Å²) >= 11 is 1.44. The van der Waals surface area contributed by atoms with Crippen LogP contribution < -0.4 is 10.1 Å². The molecule has 0 bridgehead atoms. The van der Waals surface area contributed by atoms with E-state index in [0.717, 1.165) is 43.1 Å². The highest BCUT2D eigenvalue weighted by atomic mass is 32.1. The smallest absolute Gasteiger partial charge is 0.406 e. The summed E-state index contributed by atoms with van der Waals surface area (Å²) in [7, 11) is 0. The molecule has 0 spiro atoms. The minimum atomic E-state index is -4.78. The summed E-state index contributed by atoms with van der Waals surface area (Å²) in [4.78, 5) is 25.2. The van der Waals surface area contributed by atoms with Gasteiger partial charge in [-0.1, -0.05) is 36.4 Å². The number of carbonyl (C=O) groups is 1. The van der Waals surface area contributed by atoms with E-state index in [0.29, 0.717) is 27.5 Å². The van der Waals surface area contributed by atoms with E-state index in [2.05, 4.69) is 24.9 Å². The van der Waals surface area contributed by atoms with E-state index < -0.39 is 6.36 Å². The molecular weight excluding hydrogens is 505 g/mol.